The number of benzene rings is 2. The molecule has 5 rings (SSSR count). The molecule has 0 aliphatic rings. The van der Waals surface area contributed by atoms with Crippen LogP contribution in [0.15, 0.2) is 95.3 Å². The Hall–Kier alpha value is -3.97. The average molecular weight is 412 g/mol. The highest BCUT2D eigenvalue weighted by Crippen LogP contribution is 2.29. The Morgan fingerprint density at radius 3 is 2.53 bits per heavy atom. The number of nitrogens with one attached hydrogen (secondary N) is 1. The predicted molar refractivity (Wildman–Crippen MR) is 117 cm³/mol. The Labute approximate surface area is 176 Å². The Morgan fingerprint density at radius 2 is 1.83 bits per heavy atom. The first-order chi connectivity index (χ1) is 14.8. The molecule has 0 bridgehead atoms. The molecule has 0 saturated heterocycles. The van der Waals surface area contributed by atoms with E-state index in [0.717, 1.165) is 16.1 Å². The van der Waals surface area contributed by atoms with E-state index >= 15 is 0 Å². The van der Waals surface area contributed by atoms with Gasteiger partial charge in [-0.25, -0.2) is 9.67 Å². The maximum atomic E-state index is 13.1. The van der Waals surface area contributed by atoms with E-state index in [0.29, 0.717) is 22.7 Å². The standard InChI is InChI=1S/C23H16N4O2S/c28-23(25-17-10-8-16(9-11-17)20-13-24-15-29-20)19-14-27(18-5-2-1-3-6-18)26-22(19)21-7-4-12-30-21/h1-15H,(H,25,28). The van der Waals surface area contributed by atoms with E-state index in [4.69, 9.17) is 4.42 Å². The van der Waals surface area contributed by atoms with Gasteiger partial charge in [-0.15, -0.1) is 11.3 Å². The van der Waals surface area contributed by atoms with Crippen molar-refractivity contribution in [3.8, 4) is 27.6 Å². The molecule has 5 aromatic rings. The van der Waals surface area contributed by atoms with Crippen LogP contribution < -0.4 is 5.32 Å². The number of aromatic nitrogens is 3. The molecule has 0 fully saturated rings. The van der Waals surface area contributed by atoms with Crippen LogP contribution in [-0.2, 0) is 0 Å². The van der Waals surface area contributed by atoms with Crippen molar-refractivity contribution in [3.63, 3.8) is 0 Å². The molecular formula is C23H16N4O2S. The van der Waals surface area contributed by atoms with Crippen molar-refractivity contribution >= 4 is 22.9 Å². The minimum atomic E-state index is -0.215. The lowest BCUT2D eigenvalue weighted by molar-refractivity contribution is 0.102. The van der Waals surface area contributed by atoms with Crippen LogP contribution in [0.5, 0.6) is 0 Å². The summed E-state index contributed by atoms with van der Waals surface area (Å²) in [5, 5.41) is 9.62. The van der Waals surface area contributed by atoms with Gasteiger partial charge in [0.15, 0.2) is 12.2 Å². The third kappa shape index (κ3) is 3.54. The normalized spacial score (nSPS) is 10.8. The summed E-state index contributed by atoms with van der Waals surface area (Å²) in [5.74, 6) is 0.463. The smallest absolute Gasteiger partial charge is 0.259 e. The van der Waals surface area contributed by atoms with Crippen LogP contribution in [0.25, 0.3) is 27.6 Å². The number of nitrogens with zero attached hydrogens (tertiary/aromatic N) is 3. The highest BCUT2D eigenvalue weighted by molar-refractivity contribution is 7.13. The Balaban J connectivity index is 1.45. The first kappa shape index (κ1) is 18.1. The zero-order chi connectivity index (χ0) is 20.3. The molecule has 146 valence electrons. The van der Waals surface area contributed by atoms with Crippen molar-refractivity contribution in [2.45, 2.75) is 0 Å². The molecule has 6 nitrogen and oxygen atoms in total. The molecule has 3 heterocycles. The maximum Gasteiger partial charge on any atom is 0.259 e. The predicted octanol–water partition coefficient (Wildman–Crippen LogP) is 5.51. The van der Waals surface area contributed by atoms with E-state index in [1.165, 1.54) is 6.39 Å². The highest BCUT2D eigenvalue weighted by Gasteiger charge is 2.19. The molecule has 3 aromatic heterocycles. The molecule has 1 N–H and O–H groups in total. The van der Waals surface area contributed by atoms with Crippen LogP contribution in [0, 0.1) is 0 Å². The number of thiophene rings is 1. The minimum Gasteiger partial charge on any atom is -0.444 e. The van der Waals surface area contributed by atoms with Gasteiger partial charge in [-0.3, -0.25) is 4.79 Å². The third-order valence-corrected chi connectivity index (χ3v) is 5.47. The van der Waals surface area contributed by atoms with E-state index in [1.54, 1.807) is 28.4 Å². The SMILES string of the molecule is O=C(Nc1ccc(-c2cnco2)cc1)c1cn(-c2ccccc2)nc1-c1cccs1. The summed E-state index contributed by atoms with van der Waals surface area (Å²) >= 11 is 1.55. The molecule has 0 saturated carbocycles. The quantitative estimate of drug-likeness (QED) is 0.413. The van der Waals surface area contributed by atoms with Gasteiger partial charge < -0.3 is 9.73 Å². The summed E-state index contributed by atoms with van der Waals surface area (Å²) in [6.07, 6.45) is 4.81. The van der Waals surface area contributed by atoms with Crippen LogP contribution in [-0.4, -0.2) is 20.7 Å². The summed E-state index contributed by atoms with van der Waals surface area (Å²) in [4.78, 5) is 18.0. The van der Waals surface area contributed by atoms with Crippen molar-refractivity contribution in [2.75, 3.05) is 5.32 Å². The van der Waals surface area contributed by atoms with Gasteiger partial charge in [-0.2, -0.15) is 5.10 Å². The van der Waals surface area contributed by atoms with Gasteiger partial charge in [0.2, 0.25) is 0 Å². The molecule has 0 aliphatic heterocycles. The summed E-state index contributed by atoms with van der Waals surface area (Å²) in [7, 11) is 0. The Morgan fingerprint density at radius 1 is 1.00 bits per heavy atom. The van der Waals surface area contributed by atoms with Gasteiger partial charge in [0.25, 0.3) is 5.91 Å². The second-order valence-electron chi connectivity index (χ2n) is 6.55. The van der Waals surface area contributed by atoms with E-state index in [2.05, 4.69) is 15.4 Å². The van der Waals surface area contributed by atoms with Crippen LogP contribution in [0.4, 0.5) is 5.69 Å². The van der Waals surface area contributed by atoms with E-state index in [9.17, 15) is 4.79 Å². The second kappa shape index (κ2) is 7.81. The summed E-state index contributed by atoms with van der Waals surface area (Å²) in [6, 6.07) is 21.1. The van der Waals surface area contributed by atoms with Gasteiger partial charge in [0, 0.05) is 17.4 Å². The molecule has 0 aliphatic carbocycles. The fraction of sp³-hybridized carbons (Fsp3) is 0. The lowest BCUT2D eigenvalue weighted by atomic mass is 10.1. The lowest BCUT2D eigenvalue weighted by Gasteiger charge is -2.05. The Kier molecular flexibility index (Phi) is 4.71. The van der Waals surface area contributed by atoms with Gasteiger partial charge >= 0.3 is 0 Å². The number of hydrogen-bond acceptors (Lipinski definition) is 5. The highest BCUT2D eigenvalue weighted by atomic mass is 32.1. The summed E-state index contributed by atoms with van der Waals surface area (Å²) < 4.78 is 7.04. The summed E-state index contributed by atoms with van der Waals surface area (Å²) in [6.45, 7) is 0. The maximum absolute atomic E-state index is 13.1. The van der Waals surface area contributed by atoms with Gasteiger partial charge in [-0.05, 0) is 47.8 Å². The van der Waals surface area contributed by atoms with Gasteiger partial charge in [0.05, 0.1) is 22.3 Å². The number of para-hydroxylation sites is 1. The van der Waals surface area contributed by atoms with Crippen molar-refractivity contribution < 1.29 is 9.21 Å². The molecule has 0 unspecified atom stereocenters. The van der Waals surface area contributed by atoms with E-state index in [1.807, 2.05) is 72.1 Å². The number of anilines is 1. The van der Waals surface area contributed by atoms with Gasteiger partial charge in [-0.1, -0.05) is 24.3 Å². The number of carbonyl (C=O) groups is 1. The number of hydrogen-bond donors (Lipinski definition) is 1. The minimum absolute atomic E-state index is 0.215. The monoisotopic (exact) mass is 412 g/mol. The third-order valence-electron chi connectivity index (χ3n) is 4.59. The fourth-order valence-corrected chi connectivity index (χ4v) is 3.85. The molecule has 30 heavy (non-hydrogen) atoms. The number of rotatable bonds is 5. The van der Waals surface area contributed by atoms with Crippen LogP contribution in [0.3, 0.4) is 0 Å². The average Bonchev–Trinajstić information content (AvgIpc) is 3.56. The number of carbonyl (C=O) groups excluding carboxylic acids is 1. The first-order valence-electron chi connectivity index (χ1n) is 9.27. The van der Waals surface area contributed by atoms with Crippen molar-refractivity contribution in [1.29, 1.82) is 0 Å². The molecule has 2 aromatic carbocycles. The lowest BCUT2D eigenvalue weighted by Crippen LogP contribution is -2.12. The fourth-order valence-electron chi connectivity index (χ4n) is 3.12. The summed E-state index contributed by atoms with van der Waals surface area (Å²) in [5.41, 5.74) is 3.64. The van der Waals surface area contributed by atoms with Crippen LogP contribution in [0.2, 0.25) is 0 Å². The van der Waals surface area contributed by atoms with Gasteiger partial charge in [0.1, 0.15) is 5.69 Å². The molecule has 0 radical (unpaired) electrons. The van der Waals surface area contributed by atoms with E-state index < -0.39 is 0 Å². The molecule has 0 spiro atoms. The molecule has 7 heteroatoms. The van der Waals surface area contributed by atoms with Crippen molar-refractivity contribution in [3.05, 3.63) is 96.5 Å². The van der Waals surface area contributed by atoms with Crippen LogP contribution >= 0.6 is 11.3 Å². The molecular weight excluding hydrogens is 396 g/mol. The van der Waals surface area contributed by atoms with E-state index in [-0.39, 0.29) is 5.91 Å². The topological polar surface area (TPSA) is 73.0 Å². The zero-order valence-electron chi connectivity index (χ0n) is 15.7. The number of oxazole rings is 1. The molecule has 1 amide bonds. The largest absolute Gasteiger partial charge is 0.444 e. The van der Waals surface area contributed by atoms with Crippen molar-refractivity contribution in [2.24, 2.45) is 0 Å². The zero-order valence-corrected chi connectivity index (χ0v) is 16.5. The van der Waals surface area contributed by atoms with Crippen molar-refractivity contribution in [1.82, 2.24) is 14.8 Å². The Bertz CT molecular complexity index is 1260. The number of amides is 1. The first-order valence-corrected chi connectivity index (χ1v) is 10.1. The second-order valence-corrected chi connectivity index (χ2v) is 7.49. The molecule has 0 atom stereocenters. The van der Waals surface area contributed by atoms with Crippen LogP contribution in [0.1, 0.15) is 10.4 Å².